The summed E-state index contributed by atoms with van der Waals surface area (Å²) in [4.78, 5) is 11.7. The highest BCUT2D eigenvalue weighted by atomic mass is 16.8. The van der Waals surface area contributed by atoms with Crippen LogP contribution in [0.5, 0.6) is 0 Å². The number of ether oxygens (including phenoxy) is 5. The summed E-state index contributed by atoms with van der Waals surface area (Å²) in [6.45, 7) is 3.23. The molecule has 3 fully saturated rings. The number of rotatable bonds is 7. The topological polar surface area (TPSA) is 257 Å². The average Bonchev–Trinajstić information content (AvgIpc) is 2.84. The molecule has 10 N–H and O–H groups in total. The van der Waals surface area contributed by atoms with Gasteiger partial charge in [-0.25, -0.2) is 0 Å². The van der Waals surface area contributed by atoms with Gasteiger partial charge >= 0.3 is 0 Å². The quantitative estimate of drug-likeness (QED) is 0.143. The first-order chi connectivity index (χ1) is 17.3. The van der Waals surface area contributed by atoms with Crippen LogP contribution in [0.1, 0.15) is 20.8 Å². The van der Waals surface area contributed by atoms with Crippen LogP contribution >= 0.6 is 0 Å². The molecule has 16 atom stereocenters. The summed E-state index contributed by atoms with van der Waals surface area (Å²) in [7, 11) is 0. The molecule has 3 saturated heterocycles. The summed E-state index contributed by atoms with van der Waals surface area (Å²) in [5, 5.41) is 93.6. The van der Waals surface area contributed by atoms with Gasteiger partial charge in [-0.05, 0) is 13.8 Å². The molecule has 1 amide bonds. The van der Waals surface area contributed by atoms with Crippen LogP contribution in [0, 0.1) is 0 Å². The van der Waals surface area contributed by atoms with Gasteiger partial charge in [0.25, 0.3) is 0 Å². The molecule has 0 spiro atoms. The molecule has 16 nitrogen and oxygen atoms in total. The minimum atomic E-state index is -1.84. The first kappa shape index (κ1) is 30.5. The molecular formula is C21H37NO15. The largest absolute Gasteiger partial charge is 0.394 e. The van der Waals surface area contributed by atoms with Crippen molar-refractivity contribution in [3.8, 4) is 0 Å². The number of hydrogen-bond acceptors (Lipinski definition) is 15. The van der Waals surface area contributed by atoms with E-state index in [-0.39, 0.29) is 0 Å². The lowest BCUT2D eigenvalue weighted by atomic mass is 9.95. The summed E-state index contributed by atoms with van der Waals surface area (Å²) >= 11 is 0. The van der Waals surface area contributed by atoms with Gasteiger partial charge in [0.1, 0.15) is 67.1 Å². The highest BCUT2D eigenvalue weighted by Gasteiger charge is 2.52. The number of amides is 1. The maximum absolute atomic E-state index is 11.7. The fraction of sp³-hybridized carbons (Fsp3) is 0.952. The van der Waals surface area contributed by atoms with Gasteiger partial charge in [-0.2, -0.15) is 0 Å². The lowest BCUT2D eigenvalue weighted by Crippen LogP contribution is -2.67. The maximum atomic E-state index is 11.7. The van der Waals surface area contributed by atoms with E-state index in [9.17, 15) is 50.8 Å². The smallest absolute Gasteiger partial charge is 0.217 e. The third-order valence-electron chi connectivity index (χ3n) is 6.76. The number of hydrogen-bond donors (Lipinski definition) is 10. The van der Waals surface area contributed by atoms with Crippen molar-refractivity contribution in [2.75, 3.05) is 6.61 Å². The van der Waals surface area contributed by atoms with Crippen LogP contribution in [-0.2, 0) is 28.5 Å². The van der Waals surface area contributed by atoms with Crippen molar-refractivity contribution >= 4 is 5.91 Å². The highest BCUT2D eigenvalue weighted by Crippen LogP contribution is 2.32. The van der Waals surface area contributed by atoms with E-state index < -0.39 is 111 Å². The molecule has 37 heavy (non-hydrogen) atoms. The molecule has 0 radical (unpaired) electrons. The van der Waals surface area contributed by atoms with Crippen LogP contribution in [0.25, 0.3) is 0 Å². The zero-order valence-corrected chi connectivity index (χ0v) is 20.4. The van der Waals surface area contributed by atoms with E-state index in [1.54, 1.807) is 0 Å². The summed E-state index contributed by atoms with van der Waals surface area (Å²) in [6, 6.07) is -1.37. The first-order valence-electron chi connectivity index (χ1n) is 11.9. The Morgan fingerprint density at radius 3 is 2.08 bits per heavy atom. The van der Waals surface area contributed by atoms with Crippen LogP contribution in [0.2, 0.25) is 0 Å². The van der Waals surface area contributed by atoms with Gasteiger partial charge in [0.2, 0.25) is 5.91 Å². The summed E-state index contributed by atoms with van der Waals surface area (Å²) in [5.74, 6) is -0.617. The Balaban J connectivity index is 1.82. The Kier molecular flexibility index (Phi) is 10.2. The average molecular weight is 544 g/mol. The maximum Gasteiger partial charge on any atom is 0.217 e. The number of carbonyl (C=O) groups is 1. The SMILES string of the molecule is CC(=O)N[C@H]1[C@H](O[C@@H]2[C@@H](O[C@@H](C)[C@H]3OC(O)[C@H](O)[C@@H](O)[C@@H]3O)O[C@H](C)[C@@H](O)[C@@H]2O)O[C@H](CO)[C@@H](O)[C@@H]1O. The van der Waals surface area contributed by atoms with Crippen molar-refractivity contribution in [1.82, 2.24) is 5.32 Å². The van der Waals surface area contributed by atoms with Gasteiger partial charge in [-0.3, -0.25) is 4.79 Å². The van der Waals surface area contributed by atoms with Gasteiger partial charge in [0, 0.05) is 6.92 Å². The predicted molar refractivity (Wildman–Crippen MR) is 116 cm³/mol. The molecule has 1 unspecified atom stereocenters. The molecule has 216 valence electrons. The van der Waals surface area contributed by atoms with Crippen LogP contribution in [0.4, 0.5) is 0 Å². The van der Waals surface area contributed by atoms with Crippen LogP contribution in [0.15, 0.2) is 0 Å². The second-order valence-corrected chi connectivity index (χ2v) is 9.53. The minimum Gasteiger partial charge on any atom is -0.394 e. The van der Waals surface area contributed by atoms with Gasteiger partial charge in [-0.15, -0.1) is 0 Å². The van der Waals surface area contributed by atoms with Crippen LogP contribution < -0.4 is 5.32 Å². The van der Waals surface area contributed by atoms with Gasteiger partial charge in [-0.1, -0.05) is 0 Å². The van der Waals surface area contributed by atoms with Crippen LogP contribution in [0.3, 0.4) is 0 Å². The second-order valence-electron chi connectivity index (χ2n) is 9.53. The molecule has 3 rings (SSSR count). The number of carbonyl (C=O) groups excluding carboxylic acids is 1. The molecule has 3 aliphatic heterocycles. The van der Waals surface area contributed by atoms with Gasteiger partial charge in [0.05, 0.1) is 18.8 Å². The Morgan fingerprint density at radius 1 is 0.838 bits per heavy atom. The molecule has 0 aliphatic carbocycles. The van der Waals surface area contributed by atoms with Crippen molar-refractivity contribution in [2.45, 2.75) is 119 Å². The minimum absolute atomic E-state index is 0.617. The number of aliphatic hydroxyl groups is 9. The van der Waals surface area contributed by atoms with Gasteiger partial charge < -0.3 is 75.0 Å². The second kappa shape index (κ2) is 12.4. The Morgan fingerprint density at radius 2 is 1.49 bits per heavy atom. The Labute approximate surface area is 211 Å². The van der Waals surface area contributed by atoms with Crippen molar-refractivity contribution in [3.05, 3.63) is 0 Å². The zero-order chi connectivity index (χ0) is 27.8. The molecule has 0 bridgehead atoms. The van der Waals surface area contributed by atoms with E-state index in [1.807, 2.05) is 0 Å². The molecule has 16 heteroatoms. The summed E-state index contributed by atoms with van der Waals surface area (Å²) < 4.78 is 27.9. The van der Waals surface area contributed by atoms with E-state index in [0.717, 1.165) is 6.92 Å². The Bertz CT molecular complexity index is 761. The molecule has 0 aromatic heterocycles. The molecular weight excluding hydrogens is 506 g/mol. The monoisotopic (exact) mass is 543 g/mol. The van der Waals surface area contributed by atoms with Crippen molar-refractivity contribution in [3.63, 3.8) is 0 Å². The number of nitrogens with one attached hydrogen (secondary N) is 1. The van der Waals surface area contributed by atoms with E-state index in [0.29, 0.717) is 0 Å². The molecule has 0 aromatic rings. The normalized spacial score (nSPS) is 49.9. The van der Waals surface area contributed by atoms with E-state index in [1.165, 1.54) is 13.8 Å². The van der Waals surface area contributed by atoms with Crippen LogP contribution in [-0.4, -0.2) is 157 Å². The number of aliphatic hydroxyl groups excluding tert-OH is 9. The summed E-state index contributed by atoms with van der Waals surface area (Å²) in [6.07, 6.45) is -22.9. The highest BCUT2D eigenvalue weighted by molar-refractivity contribution is 5.73. The van der Waals surface area contributed by atoms with Gasteiger partial charge in [0.15, 0.2) is 18.9 Å². The van der Waals surface area contributed by atoms with E-state index in [4.69, 9.17) is 23.7 Å². The predicted octanol–water partition coefficient (Wildman–Crippen LogP) is -6.01. The van der Waals surface area contributed by atoms with E-state index in [2.05, 4.69) is 5.32 Å². The molecule has 0 aromatic carbocycles. The molecule has 3 aliphatic rings. The fourth-order valence-corrected chi connectivity index (χ4v) is 4.56. The fourth-order valence-electron chi connectivity index (χ4n) is 4.56. The third kappa shape index (κ3) is 6.39. The van der Waals surface area contributed by atoms with Crippen molar-refractivity contribution < 1.29 is 74.4 Å². The third-order valence-corrected chi connectivity index (χ3v) is 6.76. The molecule has 3 heterocycles. The lowest BCUT2D eigenvalue weighted by Gasteiger charge is -2.48. The zero-order valence-electron chi connectivity index (χ0n) is 20.4. The van der Waals surface area contributed by atoms with E-state index >= 15 is 0 Å². The summed E-state index contributed by atoms with van der Waals surface area (Å²) in [5.41, 5.74) is 0. The first-order valence-corrected chi connectivity index (χ1v) is 11.9. The Hall–Kier alpha value is -1.09. The standard InChI is InChI=1S/C21H37NO15/c1-5-10(25)14(29)18(37-20-9(22-7(3)24)12(27)11(26)8(4-23)35-20)21(33-5)34-6(2)17-15(30)13(28)16(31)19(32)36-17/h5-6,8-21,23,25-32H,4H2,1-3H3,(H,22,24)/t5-,6+,8-,9-,10-,11-,12-,13+,14+,15+,16-,17-,18+,19?,20+,21-/m1/s1. The molecule has 0 saturated carbocycles. The lowest BCUT2D eigenvalue weighted by molar-refractivity contribution is -0.367. The van der Waals surface area contributed by atoms with Crippen molar-refractivity contribution in [1.29, 1.82) is 0 Å². The van der Waals surface area contributed by atoms with Crippen molar-refractivity contribution in [2.24, 2.45) is 0 Å².